The third-order valence-corrected chi connectivity index (χ3v) is 3.79. The predicted octanol–water partition coefficient (Wildman–Crippen LogP) is 3.42. The van der Waals surface area contributed by atoms with E-state index in [1.54, 1.807) is 17.8 Å². The lowest BCUT2D eigenvalue weighted by atomic mass is 10.1. The summed E-state index contributed by atoms with van der Waals surface area (Å²) < 4.78 is 21.3. The Kier molecular flexibility index (Phi) is 4.51. The molecule has 2 aromatic rings. The van der Waals surface area contributed by atoms with Crippen molar-refractivity contribution < 1.29 is 13.9 Å². The molecule has 1 fully saturated rings. The predicted molar refractivity (Wildman–Crippen MR) is 88.4 cm³/mol. The van der Waals surface area contributed by atoms with E-state index in [-0.39, 0.29) is 23.9 Å². The third kappa shape index (κ3) is 3.25. The van der Waals surface area contributed by atoms with Gasteiger partial charge < -0.3 is 10.1 Å². The molecule has 0 saturated heterocycles. The molecule has 0 atom stereocenters. The van der Waals surface area contributed by atoms with Gasteiger partial charge in [-0.3, -0.25) is 4.68 Å². The second kappa shape index (κ2) is 6.59. The molecule has 6 nitrogen and oxygen atoms in total. The molecule has 0 aliphatic heterocycles. The quantitative estimate of drug-likeness (QED) is 0.821. The van der Waals surface area contributed by atoms with E-state index in [9.17, 15) is 9.18 Å². The van der Waals surface area contributed by atoms with Gasteiger partial charge in [0.1, 0.15) is 17.0 Å². The maximum absolute atomic E-state index is 14.7. The highest BCUT2D eigenvalue weighted by Crippen LogP contribution is 2.30. The zero-order valence-corrected chi connectivity index (χ0v) is 14.0. The van der Waals surface area contributed by atoms with Gasteiger partial charge in [0.05, 0.1) is 24.7 Å². The van der Waals surface area contributed by atoms with Crippen LogP contribution < -0.4 is 5.32 Å². The SMILES string of the molecule is CCOC(=O)c1cnn(C(C)C)c1-c1ncc(NC2CC2)cc1F. The second-order valence-electron chi connectivity index (χ2n) is 6.14. The van der Waals surface area contributed by atoms with Gasteiger partial charge in [-0.05, 0) is 33.6 Å². The molecule has 2 heterocycles. The molecular formula is C17H21FN4O2. The fraction of sp³-hybridized carbons (Fsp3) is 0.471. The number of carbonyl (C=O) groups excluding carboxylic acids is 1. The molecule has 24 heavy (non-hydrogen) atoms. The van der Waals surface area contributed by atoms with E-state index in [1.807, 2.05) is 13.8 Å². The normalized spacial score (nSPS) is 14.0. The van der Waals surface area contributed by atoms with Gasteiger partial charge in [0.25, 0.3) is 0 Å². The summed E-state index contributed by atoms with van der Waals surface area (Å²) in [5.74, 6) is -1.02. The average Bonchev–Trinajstić information content (AvgIpc) is 3.22. The van der Waals surface area contributed by atoms with Crippen LogP contribution in [0, 0.1) is 5.82 Å². The number of nitrogens with zero attached hydrogens (tertiary/aromatic N) is 3. The number of pyridine rings is 1. The first-order chi connectivity index (χ1) is 11.5. The van der Waals surface area contributed by atoms with E-state index in [1.165, 1.54) is 12.3 Å². The van der Waals surface area contributed by atoms with E-state index in [0.717, 1.165) is 12.8 Å². The number of aromatic nitrogens is 3. The lowest BCUT2D eigenvalue weighted by Gasteiger charge is -2.13. The monoisotopic (exact) mass is 332 g/mol. The van der Waals surface area contributed by atoms with Crippen LogP contribution in [0.15, 0.2) is 18.5 Å². The van der Waals surface area contributed by atoms with Crippen molar-refractivity contribution >= 4 is 11.7 Å². The first-order valence-electron chi connectivity index (χ1n) is 8.18. The van der Waals surface area contributed by atoms with Crippen LogP contribution in [0.25, 0.3) is 11.4 Å². The van der Waals surface area contributed by atoms with Crippen LogP contribution in [0.4, 0.5) is 10.1 Å². The number of halogens is 1. The lowest BCUT2D eigenvalue weighted by molar-refractivity contribution is 0.0527. The van der Waals surface area contributed by atoms with Gasteiger partial charge in [-0.15, -0.1) is 0 Å². The minimum Gasteiger partial charge on any atom is -0.462 e. The molecule has 0 aromatic carbocycles. The highest BCUT2D eigenvalue weighted by Gasteiger charge is 2.26. The molecule has 7 heteroatoms. The summed E-state index contributed by atoms with van der Waals surface area (Å²) in [6.45, 7) is 5.78. The molecule has 0 spiro atoms. The van der Waals surface area contributed by atoms with Crippen molar-refractivity contribution in [2.45, 2.75) is 45.7 Å². The topological polar surface area (TPSA) is 69.0 Å². The number of ether oxygens (including phenoxy) is 1. The van der Waals surface area contributed by atoms with Crippen LogP contribution in [0.1, 0.15) is 50.0 Å². The summed E-state index contributed by atoms with van der Waals surface area (Å²) in [6, 6.07) is 1.77. The molecule has 1 aliphatic carbocycles. The van der Waals surface area contributed by atoms with Crippen LogP contribution in [0.2, 0.25) is 0 Å². The number of nitrogens with one attached hydrogen (secondary N) is 1. The van der Waals surface area contributed by atoms with E-state index in [4.69, 9.17) is 4.74 Å². The Bertz CT molecular complexity index is 753. The molecule has 3 rings (SSSR count). The molecule has 0 bridgehead atoms. The summed E-state index contributed by atoms with van der Waals surface area (Å²) in [7, 11) is 0. The summed E-state index contributed by atoms with van der Waals surface area (Å²) in [5, 5.41) is 7.42. The van der Waals surface area contributed by atoms with E-state index < -0.39 is 11.8 Å². The molecule has 1 N–H and O–H groups in total. The Labute approximate surface area is 140 Å². The van der Waals surface area contributed by atoms with E-state index >= 15 is 0 Å². The van der Waals surface area contributed by atoms with Gasteiger partial charge in [0.15, 0.2) is 5.82 Å². The standard InChI is InChI=1S/C17H21FN4O2/c1-4-24-17(23)13-9-20-22(10(2)3)16(13)15-14(18)7-12(8-19-15)21-11-5-6-11/h7-11,21H,4-6H2,1-3H3. The highest BCUT2D eigenvalue weighted by atomic mass is 19.1. The number of rotatable bonds is 6. The number of hydrogen-bond donors (Lipinski definition) is 1. The van der Waals surface area contributed by atoms with E-state index in [0.29, 0.717) is 17.4 Å². The number of hydrogen-bond acceptors (Lipinski definition) is 5. The molecule has 0 radical (unpaired) electrons. The van der Waals surface area contributed by atoms with Crippen molar-refractivity contribution in [2.24, 2.45) is 0 Å². The van der Waals surface area contributed by atoms with Gasteiger partial charge in [-0.1, -0.05) is 0 Å². The van der Waals surface area contributed by atoms with Crippen molar-refractivity contribution in [2.75, 3.05) is 11.9 Å². The van der Waals surface area contributed by atoms with Crippen molar-refractivity contribution in [1.82, 2.24) is 14.8 Å². The van der Waals surface area contributed by atoms with Crippen LogP contribution in [0.5, 0.6) is 0 Å². The molecule has 2 aromatic heterocycles. The second-order valence-corrected chi connectivity index (χ2v) is 6.14. The molecular weight excluding hydrogens is 311 g/mol. The van der Waals surface area contributed by atoms with Crippen molar-refractivity contribution in [3.8, 4) is 11.4 Å². The van der Waals surface area contributed by atoms with Crippen LogP contribution >= 0.6 is 0 Å². The first-order valence-corrected chi connectivity index (χ1v) is 8.18. The fourth-order valence-electron chi connectivity index (χ4n) is 2.50. The van der Waals surface area contributed by atoms with Gasteiger partial charge in [-0.2, -0.15) is 5.10 Å². The van der Waals surface area contributed by atoms with Crippen molar-refractivity contribution in [1.29, 1.82) is 0 Å². The molecule has 1 saturated carbocycles. The molecule has 1 aliphatic rings. The molecule has 0 unspecified atom stereocenters. The van der Waals surface area contributed by atoms with Crippen LogP contribution in [0.3, 0.4) is 0 Å². The summed E-state index contributed by atoms with van der Waals surface area (Å²) in [4.78, 5) is 16.4. The summed E-state index contributed by atoms with van der Waals surface area (Å²) in [6.07, 6.45) is 5.18. The summed E-state index contributed by atoms with van der Waals surface area (Å²) >= 11 is 0. The van der Waals surface area contributed by atoms with Gasteiger partial charge in [-0.25, -0.2) is 14.2 Å². The number of anilines is 1. The fourth-order valence-corrected chi connectivity index (χ4v) is 2.50. The van der Waals surface area contributed by atoms with E-state index in [2.05, 4.69) is 15.4 Å². The highest BCUT2D eigenvalue weighted by molar-refractivity contribution is 5.95. The van der Waals surface area contributed by atoms with Gasteiger partial charge in [0, 0.05) is 18.2 Å². The Morgan fingerprint density at radius 3 is 2.79 bits per heavy atom. The van der Waals surface area contributed by atoms with Crippen molar-refractivity contribution in [3.63, 3.8) is 0 Å². The van der Waals surface area contributed by atoms with Crippen molar-refractivity contribution in [3.05, 3.63) is 29.8 Å². The smallest absolute Gasteiger partial charge is 0.342 e. The van der Waals surface area contributed by atoms with Crippen LogP contribution in [-0.4, -0.2) is 33.4 Å². The zero-order valence-electron chi connectivity index (χ0n) is 14.0. The van der Waals surface area contributed by atoms with Crippen LogP contribution in [-0.2, 0) is 4.74 Å². The maximum Gasteiger partial charge on any atom is 0.342 e. The van der Waals surface area contributed by atoms with Gasteiger partial charge >= 0.3 is 5.97 Å². The average molecular weight is 332 g/mol. The molecule has 128 valence electrons. The Hall–Kier alpha value is -2.44. The Morgan fingerprint density at radius 2 is 2.21 bits per heavy atom. The first kappa shape index (κ1) is 16.4. The summed E-state index contributed by atoms with van der Waals surface area (Å²) in [5.41, 5.74) is 1.32. The number of esters is 1. The van der Waals surface area contributed by atoms with Gasteiger partial charge in [0.2, 0.25) is 0 Å². The maximum atomic E-state index is 14.7. The minimum atomic E-state index is -0.527. The third-order valence-electron chi connectivity index (χ3n) is 3.79. The minimum absolute atomic E-state index is 0.0476. The Balaban J connectivity index is 2.03. The molecule has 0 amide bonds. The zero-order chi connectivity index (χ0) is 17.3. The number of carbonyl (C=O) groups is 1. The Morgan fingerprint density at radius 1 is 1.46 bits per heavy atom. The lowest BCUT2D eigenvalue weighted by Crippen LogP contribution is -2.11. The largest absolute Gasteiger partial charge is 0.462 e.